The summed E-state index contributed by atoms with van der Waals surface area (Å²) in [6, 6.07) is 68.2. The maximum Gasteiger partial charge on any atom is 0.0732 e. The Balaban J connectivity index is 1.37. The lowest BCUT2D eigenvalue weighted by molar-refractivity contribution is 0.802. The highest BCUT2D eigenvalue weighted by molar-refractivity contribution is 6.24. The third kappa shape index (κ3) is 3.78. The van der Waals surface area contributed by atoms with E-state index in [1.807, 2.05) is 0 Å². The Morgan fingerprint density at radius 3 is 1.52 bits per heavy atom. The van der Waals surface area contributed by atoms with Crippen molar-refractivity contribution in [3.8, 4) is 22.3 Å². The molecule has 244 valence electrons. The fourth-order valence-corrected chi connectivity index (χ4v) is 9.71. The molecule has 0 saturated heterocycles. The standard InChI is InChI=1S/C51H35N/c1-2-33-28-30-35(31-29-33)52(34-16-4-3-5-17-34)47-32-46-48(42-24-10-8-22-40(42)47)49-41-23-9-6-18-36(41)37-19-7-11-25-43(37)50(49)51(46)44-26-14-12-20-38(44)39-21-13-15-27-45(39)51/h3-32H,2H2,1H3. The molecule has 0 aromatic heterocycles. The van der Waals surface area contributed by atoms with E-state index in [0.29, 0.717) is 0 Å². The largest absolute Gasteiger partial charge is 0.310 e. The fraction of sp³-hybridized carbons (Fsp3) is 0.0588. The van der Waals surface area contributed by atoms with Gasteiger partial charge in [0.15, 0.2) is 0 Å². The molecular formula is C51H35N. The lowest BCUT2D eigenvalue weighted by Crippen LogP contribution is -2.26. The van der Waals surface area contributed by atoms with Crippen LogP contribution in [0.15, 0.2) is 182 Å². The van der Waals surface area contributed by atoms with Gasteiger partial charge >= 0.3 is 0 Å². The maximum absolute atomic E-state index is 2.56. The molecule has 0 saturated carbocycles. The summed E-state index contributed by atoms with van der Waals surface area (Å²) < 4.78 is 0. The van der Waals surface area contributed by atoms with E-state index in [2.05, 4.69) is 194 Å². The number of hydrogen-bond acceptors (Lipinski definition) is 1. The summed E-state index contributed by atoms with van der Waals surface area (Å²) in [5, 5.41) is 7.75. The highest BCUT2D eigenvalue weighted by Crippen LogP contribution is 2.67. The van der Waals surface area contributed by atoms with Gasteiger partial charge in [0.25, 0.3) is 0 Å². The van der Waals surface area contributed by atoms with E-state index in [-0.39, 0.29) is 0 Å². The molecule has 9 aromatic rings. The first-order chi connectivity index (χ1) is 25.8. The molecule has 11 rings (SSSR count). The first-order valence-corrected chi connectivity index (χ1v) is 18.4. The van der Waals surface area contributed by atoms with Gasteiger partial charge in [-0.1, -0.05) is 159 Å². The van der Waals surface area contributed by atoms with Crippen molar-refractivity contribution in [2.45, 2.75) is 18.8 Å². The quantitative estimate of drug-likeness (QED) is 0.170. The molecule has 0 unspecified atom stereocenters. The second-order valence-corrected chi connectivity index (χ2v) is 14.2. The molecule has 0 amide bonds. The van der Waals surface area contributed by atoms with Gasteiger partial charge in [0.05, 0.1) is 11.1 Å². The van der Waals surface area contributed by atoms with Crippen LogP contribution in [0, 0.1) is 0 Å². The van der Waals surface area contributed by atoms with Crippen molar-refractivity contribution >= 4 is 49.4 Å². The highest BCUT2D eigenvalue weighted by Gasteiger charge is 2.53. The summed E-state index contributed by atoms with van der Waals surface area (Å²) in [5.41, 5.74) is 15.1. The molecule has 1 spiro atoms. The second-order valence-electron chi connectivity index (χ2n) is 14.2. The first-order valence-electron chi connectivity index (χ1n) is 18.4. The summed E-state index contributed by atoms with van der Waals surface area (Å²) in [7, 11) is 0. The number of para-hydroxylation sites is 1. The molecule has 0 bridgehead atoms. The molecule has 2 aliphatic carbocycles. The van der Waals surface area contributed by atoms with Crippen molar-refractivity contribution in [2.24, 2.45) is 0 Å². The van der Waals surface area contributed by atoms with Crippen molar-refractivity contribution < 1.29 is 0 Å². The van der Waals surface area contributed by atoms with E-state index in [0.717, 1.165) is 17.8 Å². The van der Waals surface area contributed by atoms with E-state index in [1.54, 1.807) is 0 Å². The van der Waals surface area contributed by atoms with E-state index in [1.165, 1.54) is 88.1 Å². The van der Waals surface area contributed by atoms with Crippen LogP contribution in [0.5, 0.6) is 0 Å². The van der Waals surface area contributed by atoms with Gasteiger partial charge in [0.2, 0.25) is 0 Å². The topological polar surface area (TPSA) is 3.24 Å². The normalized spacial score (nSPS) is 13.3. The summed E-state index contributed by atoms with van der Waals surface area (Å²) in [5.74, 6) is 0. The fourth-order valence-electron chi connectivity index (χ4n) is 9.71. The van der Waals surface area contributed by atoms with Crippen molar-refractivity contribution in [3.05, 3.63) is 210 Å². The predicted molar refractivity (Wildman–Crippen MR) is 219 cm³/mol. The zero-order chi connectivity index (χ0) is 34.4. The second kappa shape index (κ2) is 11.0. The van der Waals surface area contributed by atoms with Crippen LogP contribution in [-0.2, 0) is 11.8 Å². The number of fused-ring (bicyclic) bond motifs is 17. The van der Waals surface area contributed by atoms with E-state index >= 15 is 0 Å². The average Bonchev–Trinajstić information content (AvgIpc) is 3.70. The summed E-state index contributed by atoms with van der Waals surface area (Å²) in [6.45, 7) is 2.22. The zero-order valence-corrected chi connectivity index (χ0v) is 29.0. The summed E-state index contributed by atoms with van der Waals surface area (Å²) in [6.07, 6.45) is 1.01. The van der Waals surface area contributed by atoms with Crippen molar-refractivity contribution in [3.63, 3.8) is 0 Å². The molecule has 0 heterocycles. The number of rotatable bonds is 4. The summed E-state index contributed by atoms with van der Waals surface area (Å²) >= 11 is 0. The van der Waals surface area contributed by atoms with Crippen molar-refractivity contribution in [2.75, 3.05) is 4.90 Å². The van der Waals surface area contributed by atoms with Gasteiger partial charge in [0, 0.05) is 16.8 Å². The molecular weight excluding hydrogens is 627 g/mol. The highest BCUT2D eigenvalue weighted by atomic mass is 15.1. The molecule has 1 heteroatoms. The van der Waals surface area contributed by atoms with E-state index < -0.39 is 5.41 Å². The molecule has 1 nitrogen and oxygen atoms in total. The molecule has 9 aromatic carbocycles. The van der Waals surface area contributed by atoms with E-state index in [4.69, 9.17) is 0 Å². The van der Waals surface area contributed by atoms with Crippen LogP contribution in [0.2, 0.25) is 0 Å². The Morgan fingerprint density at radius 1 is 0.404 bits per heavy atom. The Labute approximate surface area is 304 Å². The van der Waals surface area contributed by atoms with Crippen LogP contribution in [0.1, 0.15) is 34.7 Å². The minimum atomic E-state index is -0.519. The van der Waals surface area contributed by atoms with Gasteiger partial charge in [-0.25, -0.2) is 0 Å². The lowest BCUT2D eigenvalue weighted by atomic mass is 9.69. The van der Waals surface area contributed by atoms with Gasteiger partial charge in [-0.2, -0.15) is 0 Å². The number of aryl methyl sites for hydroxylation is 1. The summed E-state index contributed by atoms with van der Waals surface area (Å²) in [4.78, 5) is 2.47. The number of nitrogens with zero attached hydrogens (tertiary/aromatic N) is 1. The Bertz CT molecular complexity index is 2840. The van der Waals surface area contributed by atoms with Gasteiger partial charge < -0.3 is 4.90 Å². The number of anilines is 3. The third-order valence-electron chi connectivity index (χ3n) is 11.8. The minimum Gasteiger partial charge on any atom is -0.310 e. The molecule has 0 radical (unpaired) electrons. The van der Waals surface area contributed by atoms with Gasteiger partial charge in [0.1, 0.15) is 0 Å². The monoisotopic (exact) mass is 661 g/mol. The van der Waals surface area contributed by atoms with Crippen molar-refractivity contribution in [1.29, 1.82) is 0 Å². The van der Waals surface area contributed by atoms with Crippen LogP contribution >= 0.6 is 0 Å². The van der Waals surface area contributed by atoms with Crippen LogP contribution in [0.4, 0.5) is 17.1 Å². The molecule has 0 aliphatic heterocycles. The van der Waals surface area contributed by atoms with Crippen LogP contribution in [0.25, 0.3) is 54.6 Å². The van der Waals surface area contributed by atoms with Crippen LogP contribution in [-0.4, -0.2) is 0 Å². The lowest BCUT2D eigenvalue weighted by Gasteiger charge is -2.33. The van der Waals surface area contributed by atoms with Crippen LogP contribution < -0.4 is 4.90 Å². The first kappa shape index (κ1) is 29.3. The molecule has 0 fully saturated rings. The molecule has 0 N–H and O–H groups in total. The molecule has 0 atom stereocenters. The number of benzene rings is 9. The van der Waals surface area contributed by atoms with E-state index in [9.17, 15) is 0 Å². The van der Waals surface area contributed by atoms with Gasteiger partial charge in [-0.3, -0.25) is 0 Å². The van der Waals surface area contributed by atoms with Gasteiger partial charge in [-0.15, -0.1) is 0 Å². The third-order valence-corrected chi connectivity index (χ3v) is 11.8. The molecule has 2 aliphatic rings. The smallest absolute Gasteiger partial charge is 0.0732 e. The zero-order valence-electron chi connectivity index (χ0n) is 29.0. The van der Waals surface area contributed by atoms with Gasteiger partial charge in [-0.05, 0) is 114 Å². The SMILES string of the molecule is CCc1ccc(N(c2ccccc2)c2cc3c(c4ccccc24)-c2c(c4ccccc4c4ccccc24)C32c3ccccc3-c3ccccc32)cc1. The van der Waals surface area contributed by atoms with Crippen LogP contribution in [0.3, 0.4) is 0 Å². The Hall–Kier alpha value is -6.44. The van der Waals surface area contributed by atoms with Crippen molar-refractivity contribution in [1.82, 2.24) is 0 Å². The Morgan fingerprint density at radius 2 is 0.885 bits per heavy atom. The average molecular weight is 662 g/mol. The number of hydrogen-bond donors (Lipinski definition) is 0. The maximum atomic E-state index is 2.56. The molecule has 52 heavy (non-hydrogen) atoms. The predicted octanol–water partition coefficient (Wildman–Crippen LogP) is 13.5. The minimum absolute atomic E-state index is 0.519. The Kier molecular flexibility index (Phi) is 6.22.